The Bertz CT molecular complexity index is 629. The average molecular weight is 289 g/mol. The molecule has 0 saturated heterocycles. The third-order valence-electron chi connectivity index (χ3n) is 4.39. The number of carboxylic acids is 1. The number of hydrogen-bond acceptors (Lipinski definition) is 3. The molecule has 0 aliphatic rings. The molecule has 0 spiro atoms. The van der Waals surface area contributed by atoms with Crippen molar-refractivity contribution in [2.24, 2.45) is 12.5 Å². The molecule has 2 N–H and O–H groups in total. The molecule has 0 aliphatic heterocycles. The van der Waals surface area contributed by atoms with E-state index < -0.39 is 11.4 Å². The predicted octanol–water partition coefficient (Wildman–Crippen LogP) is 2.55. The van der Waals surface area contributed by atoms with Crippen molar-refractivity contribution < 1.29 is 9.90 Å². The summed E-state index contributed by atoms with van der Waals surface area (Å²) in [5, 5.41) is 12.7. The fourth-order valence-electron chi connectivity index (χ4n) is 2.62. The van der Waals surface area contributed by atoms with Crippen LogP contribution in [0, 0.1) is 5.41 Å². The summed E-state index contributed by atoms with van der Waals surface area (Å²) < 4.78 is 1.98. The number of aryl methyl sites for hydroxylation is 1. The summed E-state index contributed by atoms with van der Waals surface area (Å²) in [6.07, 6.45) is 3.06. The molecule has 2 aromatic rings. The molecule has 0 saturated carbocycles. The standard InChI is InChI=1S/C16H23N3O2/c1-4-16(5-2,15(20)21)10-17-9-12-6-7-14-13(8-12)18-11-19(14)3/h6-8,11,17H,4-5,9-10H2,1-3H3,(H,20,21). The van der Waals surface area contributed by atoms with Crippen LogP contribution in [0.4, 0.5) is 0 Å². The molecule has 0 unspecified atom stereocenters. The molecular formula is C16H23N3O2. The number of carboxylic acid groups (broad SMARTS) is 1. The molecule has 21 heavy (non-hydrogen) atoms. The smallest absolute Gasteiger partial charge is 0.310 e. The van der Waals surface area contributed by atoms with E-state index in [2.05, 4.69) is 16.4 Å². The second-order valence-electron chi connectivity index (χ2n) is 5.57. The van der Waals surface area contributed by atoms with Crippen molar-refractivity contribution in [2.45, 2.75) is 33.2 Å². The molecule has 0 fully saturated rings. The molecule has 1 heterocycles. The first-order chi connectivity index (χ1) is 10.0. The molecule has 0 aliphatic carbocycles. The summed E-state index contributed by atoms with van der Waals surface area (Å²) in [5.74, 6) is -0.722. The maximum absolute atomic E-state index is 11.5. The van der Waals surface area contributed by atoms with Gasteiger partial charge in [0.2, 0.25) is 0 Å². The third-order valence-corrected chi connectivity index (χ3v) is 4.39. The monoisotopic (exact) mass is 289 g/mol. The Balaban J connectivity index is 2.02. The largest absolute Gasteiger partial charge is 0.481 e. The van der Waals surface area contributed by atoms with E-state index in [9.17, 15) is 9.90 Å². The van der Waals surface area contributed by atoms with Gasteiger partial charge in [-0.05, 0) is 30.5 Å². The van der Waals surface area contributed by atoms with E-state index in [1.165, 1.54) is 0 Å². The van der Waals surface area contributed by atoms with Gasteiger partial charge in [-0.3, -0.25) is 4.79 Å². The quantitative estimate of drug-likeness (QED) is 0.822. The van der Waals surface area contributed by atoms with Gasteiger partial charge >= 0.3 is 5.97 Å². The summed E-state index contributed by atoms with van der Waals surface area (Å²) in [5.41, 5.74) is 2.51. The van der Waals surface area contributed by atoms with Crippen molar-refractivity contribution >= 4 is 17.0 Å². The molecule has 5 nitrogen and oxygen atoms in total. The zero-order chi connectivity index (χ0) is 15.5. The van der Waals surface area contributed by atoms with Crippen LogP contribution in [-0.4, -0.2) is 27.2 Å². The van der Waals surface area contributed by atoms with Crippen LogP contribution >= 0.6 is 0 Å². The van der Waals surface area contributed by atoms with Crippen LogP contribution in [0.3, 0.4) is 0 Å². The van der Waals surface area contributed by atoms with Gasteiger partial charge in [0.05, 0.1) is 22.8 Å². The lowest BCUT2D eigenvalue weighted by molar-refractivity contribution is -0.149. The van der Waals surface area contributed by atoms with Gasteiger partial charge in [-0.25, -0.2) is 4.98 Å². The van der Waals surface area contributed by atoms with Crippen LogP contribution in [0.15, 0.2) is 24.5 Å². The van der Waals surface area contributed by atoms with E-state index >= 15 is 0 Å². The number of aliphatic carboxylic acids is 1. The lowest BCUT2D eigenvalue weighted by atomic mass is 9.82. The molecule has 0 atom stereocenters. The summed E-state index contributed by atoms with van der Waals surface area (Å²) in [6, 6.07) is 6.14. The molecule has 0 bridgehead atoms. The topological polar surface area (TPSA) is 67.2 Å². The summed E-state index contributed by atoms with van der Waals surface area (Å²) >= 11 is 0. The number of aromatic nitrogens is 2. The molecule has 114 valence electrons. The van der Waals surface area contributed by atoms with E-state index in [1.54, 1.807) is 6.33 Å². The van der Waals surface area contributed by atoms with Gasteiger partial charge in [-0.2, -0.15) is 0 Å². The van der Waals surface area contributed by atoms with Crippen molar-refractivity contribution in [2.75, 3.05) is 6.54 Å². The molecule has 5 heteroatoms. The van der Waals surface area contributed by atoms with Crippen molar-refractivity contribution in [1.29, 1.82) is 0 Å². The Morgan fingerprint density at radius 2 is 2.10 bits per heavy atom. The van der Waals surface area contributed by atoms with Crippen molar-refractivity contribution in [3.8, 4) is 0 Å². The highest BCUT2D eigenvalue weighted by Gasteiger charge is 2.34. The predicted molar refractivity (Wildman–Crippen MR) is 83.1 cm³/mol. The maximum atomic E-state index is 11.5. The number of imidazole rings is 1. The minimum Gasteiger partial charge on any atom is -0.481 e. The molecule has 1 aromatic heterocycles. The number of nitrogens with one attached hydrogen (secondary N) is 1. The van der Waals surface area contributed by atoms with Crippen LogP contribution in [0.25, 0.3) is 11.0 Å². The lowest BCUT2D eigenvalue weighted by Crippen LogP contribution is -2.39. The molecular weight excluding hydrogens is 266 g/mol. The number of carbonyl (C=O) groups is 1. The number of benzene rings is 1. The Morgan fingerprint density at radius 1 is 1.38 bits per heavy atom. The van der Waals surface area contributed by atoms with Crippen LogP contribution < -0.4 is 5.32 Å². The first-order valence-electron chi connectivity index (χ1n) is 7.36. The van der Waals surface area contributed by atoms with Gasteiger partial charge in [0.1, 0.15) is 0 Å². The zero-order valence-electron chi connectivity index (χ0n) is 12.9. The van der Waals surface area contributed by atoms with E-state index in [0.717, 1.165) is 16.6 Å². The van der Waals surface area contributed by atoms with E-state index in [1.807, 2.05) is 37.6 Å². The maximum Gasteiger partial charge on any atom is 0.310 e. The normalized spacial score (nSPS) is 12.0. The Hall–Kier alpha value is -1.88. The van der Waals surface area contributed by atoms with Crippen molar-refractivity contribution in [3.63, 3.8) is 0 Å². The van der Waals surface area contributed by atoms with Crippen LogP contribution in [0.1, 0.15) is 32.3 Å². The van der Waals surface area contributed by atoms with Gasteiger partial charge < -0.3 is 15.0 Å². The van der Waals surface area contributed by atoms with Crippen LogP contribution in [0.5, 0.6) is 0 Å². The van der Waals surface area contributed by atoms with Gasteiger partial charge in [0, 0.05) is 20.1 Å². The van der Waals surface area contributed by atoms with Crippen molar-refractivity contribution in [1.82, 2.24) is 14.9 Å². The summed E-state index contributed by atoms with van der Waals surface area (Å²) in [6.45, 7) is 5.00. The molecule has 1 aromatic carbocycles. The van der Waals surface area contributed by atoms with Crippen molar-refractivity contribution in [3.05, 3.63) is 30.1 Å². The first kappa shape index (κ1) is 15.5. The Labute approximate surface area is 125 Å². The van der Waals surface area contributed by atoms with E-state index in [4.69, 9.17) is 0 Å². The van der Waals surface area contributed by atoms with E-state index in [-0.39, 0.29) is 0 Å². The number of nitrogens with zero attached hydrogens (tertiary/aromatic N) is 2. The molecule has 2 rings (SSSR count). The van der Waals surface area contributed by atoms with Gasteiger partial charge in [0.15, 0.2) is 0 Å². The van der Waals surface area contributed by atoms with Gasteiger partial charge in [0.25, 0.3) is 0 Å². The Morgan fingerprint density at radius 3 is 2.71 bits per heavy atom. The average Bonchev–Trinajstić information content (AvgIpc) is 2.85. The first-order valence-corrected chi connectivity index (χ1v) is 7.36. The highest BCUT2D eigenvalue weighted by atomic mass is 16.4. The lowest BCUT2D eigenvalue weighted by Gasteiger charge is -2.27. The van der Waals surface area contributed by atoms with Gasteiger partial charge in [-0.15, -0.1) is 0 Å². The summed E-state index contributed by atoms with van der Waals surface area (Å²) in [7, 11) is 1.97. The SMILES string of the molecule is CCC(CC)(CNCc1ccc2c(c1)ncn2C)C(=O)O. The third kappa shape index (κ3) is 3.08. The fourth-order valence-corrected chi connectivity index (χ4v) is 2.62. The minimum absolute atomic E-state index is 0.482. The van der Waals surface area contributed by atoms with Crippen LogP contribution in [-0.2, 0) is 18.4 Å². The minimum atomic E-state index is -0.722. The number of fused-ring (bicyclic) bond motifs is 1. The molecule has 0 amide bonds. The summed E-state index contributed by atoms with van der Waals surface area (Å²) in [4.78, 5) is 15.8. The number of rotatable bonds is 7. The highest BCUT2D eigenvalue weighted by Crippen LogP contribution is 2.25. The fraction of sp³-hybridized carbons (Fsp3) is 0.500. The Kier molecular flexibility index (Phi) is 4.63. The molecule has 0 radical (unpaired) electrons. The van der Waals surface area contributed by atoms with Crippen LogP contribution in [0.2, 0.25) is 0 Å². The second kappa shape index (κ2) is 6.26. The van der Waals surface area contributed by atoms with Gasteiger partial charge in [-0.1, -0.05) is 19.9 Å². The highest BCUT2D eigenvalue weighted by molar-refractivity contribution is 5.76. The number of hydrogen-bond donors (Lipinski definition) is 2. The van der Waals surface area contributed by atoms with E-state index in [0.29, 0.717) is 25.9 Å². The second-order valence-corrected chi connectivity index (χ2v) is 5.57. The zero-order valence-corrected chi connectivity index (χ0v) is 12.9.